The maximum absolute atomic E-state index is 12.5. The summed E-state index contributed by atoms with van der Waals surface area (Å²) in [4.78, 5) is 21.8. The summed E-state index contributed by atoms with van der Waals surface area (Å²) in [5.74, 6) is 0.393. The summed E-state index contributed by atoms with van der Waals surface area (Å²) in [6.45, 7) is 0. The highest BCUT2D eigenvalue weighted by Gasteiger charge is 2.12. The van der Waals surface area contributed by atoms with E-state index in [4.69, 9.17) is 0 Å². The van der Waals surface area contributed by atoms with Crippen molar-refractivity contribution in [1.82, 2.24) is 9.97 Å². The Balaban J connectivity index is 1.20. The molecule has 0 radical (unpaired) electrons. The van der Waals surface area contributed by atoms with Gasteiger partial charge in [0, 0.05) is 28.7 Å². The van der Waals surface area contributed by atoms with Gasteiger partial charge in [0.15, 0.2) is 5.13 Å². The van der Waals surface area contributed by atoms with E-state index in [0.717, 1.165) is 27.9 Å². The number of rotatable bonds is 7. The highest BCUT2D eigenvalue weighted by atomic mass is 32.2. The molecule has 35 heavy (non-hydrogen) atoms. The van der Waals surface area contributed by atoms with Gasteiger partial charge in [-0.1, -0.05) is 66.7 Å². The number of carbonyl (C=O) groups is 1. The fourth-order valence-corrected chi connectivity index (χ4v) is 5.29. The maximum atomic E-state index is 12.5. The maximum Gasteiger partial charge on any atom is 0.226 e. The minimum Gasteiger partial charge on any atom is -0.302 e. The lowest BCUT2D eigenvalue weighted by Gasteiger charge is -2.07. The summed E-state index contributed by atoms with van der Waals surface area (Å²) < 4.78 is 0. The molecule has 170 valence electrons. The van der Waals surface area contributed by atoms with Gasteiger partial charge in [0.25, 0.3) is 0 Å². The van der Waals surface area contributed by atoms with Gasteiger partial charge in [-0.25, -0.2) is 9.97 Å². The zero-order valence-corrected chi connectivity index (χ0v) is 20.3. The number of aromatic nitrogens is 2. The largest absolute Gasteiger partial charge is 0.302 e. The number of hydrogen-bond acceptors (Lipinski definition) is 6. The van der Waals surface area contributed by atoms with E-state index >= 15 is 0 Å². The van der Waals surface area contributed by atoms with Gasteiger partial charge in [0.05, 0.1) is 17.0 Å². The minimum atomic E-state index is -0.116. The van der Waals surface area contributed by atoms with E-state index in [-0.39, 0.29) is 12.3 Å². The normalized spacial score (nSPS) is 10.7. The van der Waals surface area contributed by atoms with E-state index in [0.29, 0.717) is 21.5 Å². The number of nitrogens with one attached hydrogen (secondary N) is 1. The van der Waals surface area contributed by atoms with E-state index in [9.17, 15) is 10.1 Å². The topological polar surface area (TPSA) is 78.7 Å². The quantitative estimate of drug-likeness (QED) is 0.247. The molecule has 0 aliphatic carbocycles. The first-order chi connectivity index (χ1) is 17.2. The molecule has 3 aromatic carbocycles. The fraction of sp³-hybridized carbons (Fsp3) is 0.0714. The van der Waals surface area contributed by atoms with Crippen LogP contribution in [0.3, 0.4) is 0 Å². The van der Waals surface area contributed by atoms with Gasteiger partial charge in [0.1, 0.15) is 11.1 Å². The van der Waals surface area contributed by atoms with E-state index in [2.05, 4.69) is 45.6 Å². The first kappa shape index (κ1) is 22.8. The summed E-state index contributed by atoms with van der Waals surface area (Å²) in [6, 6.07) is 30.1. The molecule has 5 aromatic rings. The second-order valence-electron chi connectivity index (χ2n) is 7.77. The number of carbonyl (C=O) groups excluding carboxylic acids is 1. The molecule has 5 nitrogen and oxygen atoms in total. The Morgan fingerprint density at radius 1 is 0.886 bits per heavy atom. The number of hydrogen-bond donors (Lipinski definition) is 1. The molecule has 0 bridgehead atoms. The number of fused-ring (bicyclic) bond motifs is 1. The van der Waals surface area contributed by atoms with Gasteiger partial charge in [-0.2, -0.15) is 5.26 Å². The van der Waals surface area contributed by atoms with Crippen molar-refractivity contribution in [1.29, 1.82) is 5.26 Å². The highest BCUT2D eigenvalue weighted by molar-refractivity contribution is 7.99. The third-order valence-corrected chi connectivity index (χ3v) is 7.16. The Kier molecular flexibility index (Phi) is 6.85. The van der Waals surface area contributed by atoms with E-state index in [1.807, 2.05) is 60.0 Å². The van der Waals surface area contributed by atoms with Crippen molar-refractivity contribution in [3.8, 4) is 28.6 Å². The monoisotopic (exact) mass is 492 g/mol. The average molecular weight is 493 g/mol. The van der Waals surface area contributed by atoms with Gasteiger partial charge in [-0.3, -0.25) is 4.79 Å². The third kappa shape index (κ3) is 5.40. The van der Waals surface area contributed by atoms with E-state index in [1.54, 1.807) is 6.07 Å². The number of thiazole rings is 1. The summed E-state index contributed by atoms with van der Waals surface area (Å²) in [5.41, 5.74) is 4.16. The van der Waals surface area contributed by atoms with Crippen LogP contribution in [0.1, 0.15) is 12.0 Å². The van der Waals surface area contributed by atoms with Crippen LogP contribution in [0.15, 0.2) is 95.3 Å². The van der Waals surface area contributed by atoms with Crippen molar-refractivity contribution in [2.45, 2.75) is 11.4 Å². The Bertz CT molecular complexity index is 1540. The van der Waals surface area contributed by atoms with Gasteiger partial charge in [-0.05, 0) is 29.0 Å². The Hall–Kier alpha value is -3.99. The van der Waals surface area contributed by atoms with Crippen molar-refractivity contribution < 1.29 is 4.79 Å². The molecule has 0 spiro atoms. The lowest BCUT2D eigenvalue weighted by atomic mass is 10.1. The molecule has 2 heterocycles. The minimum absolute atomic E-state index is 0.116. The molecule has 1 amide bonds. The Morgan fingerprint density at radius 2 is 1.69 bits per heavy atom. The highest BCUT2D eigenvalue weighted by Crippen LogP contribution is 2.29. The smallest absolute Gasteiger partial charge is 0.226 e. The van der Waals surface area contributed by atoms with Crippen molar-refractivity contribution >= 4 is 44.9 Å². The molecule has 7 heteroatoms. The average Bonchev–Trinajstić information content (AvgIpc) is 3.37. The SMILES string of the molecule is N#Cc1ccc(-c2ccccc2)nc1SCCC(=O)Nc1nc(-c2ccc3ccccc3c2)cs1. The first-order valence-corrected chi connectivity index (χ1v) is 12.9. The molecule has 0 atom stereocenters. The number of thioether (sulfide) groups is 1. The molecule has 0 unspecified atom stereocenters. The lowest BCUT2D eigenvalue weighted by Crippen LogP contribution is -2.12. The van der Waals surface area contributed by atoms with Gasteiger partial charge in [-0.15, -0.1) is 23.1 Å². The second kappa shape index (κ2) is 10.5. The number of pyridine rings is 1. The second-order valence-corrected chi connectivity index (χ2v) is 9.72. The standard InChI is InChI=1S/C28H20N4OS2/c29-17-23-12-13-24(20-7-2-1-3-8-20)30-27(23)34-15-14-26(33)32-28-31-25(18-35-28)22-11-10-19-6-4-5-9-21(19)16-22/h1-13,16,18H,14-15H2,(H,31,32,33). The molecule has 2 aromatic heterocycles. The molecular weight excluding hydrogens is 472 g/mol. The molecule has 0 saturated heterocycles. The number of nitriles is 1. The van der Waals surface area contributed by atoms with Crippen molar-refractivity contribution in [3.05, 3.63) is 95.9 Å². The molecule has 0 aliphatic heterocycles. The molecular formula is C28H20N4OS2. The van der Waals surface area contributed by atoms with Crippen molar-refractivity contribution in [2.75, 3.05) is 11.1 Å². The third-order valence-electron chi connectivity index (χ3n) is 5.41. The molecule has 1 N–H and O–H groups in total. The van der Waals surface area contributed by atoms with Crippen LogP contribution in [0.2, 0.25) is 0 Å². The zero-order valence-electron chi connectivity index (χ0n) is 18.6. The van der Waals surface area contributed by atoms with Crippen LogP contribution in [-0.4, -0.2) is 21.6 Å². The van der Waals surface area contributed by atoms with Crippen molar-refractivity contribution in [2.24, 2.45) is 0 Å². The summed E-state index contributed by atoms with van der Waals surface area (Å²) in [6.07, 6.45) is 0.289. The lowest BCUT2D eigenvalue weighted by molar-refractivity contribution is -0.115. The molecule has 0 fully saturated rings. The van der Waals surface area contributed by atoms with E-state index in [1.165, 1.54) is 28.5 Å². The Labute approximate surface area is 211 Å². The van der Waals surface area contributed by atoms with Crippen LogP contribution >= 0.6 is 23.1 Å². The number of anilines is 1. The van der Waals surface area contributed by atoms with Gasteiger partial charge < -0.3 is 5.32 Å². The number of nitrogens with zero attached hydrogens (tertiary/aromatic N) is 3. The summed E-state index contributed by atoms with van der Waals surface area (Å²) >= 11 is 2.82. The van der Waals surface area contributed by atoms with Crippen LogP contribution in [0.4, 0.5) is 5.13 Å². The van der Waals surface area contributed by atoms with Gasteiger partial charge >= 0.3 is 0 Å². The van der Waals surface area contributed by atoms with Crippen LogP contribution in [0, 0.1) is 11.3 Å². The summed E-state index contributed by atoms with van der Waals surface area (Å²) in [5, 5.41) is 17.8. The first-order valence-electron chi connectivity index (χ1n) is 11.0. The molecule has 0 saturated carbocycles. The number of benzene rings is 3. The molecule has 0 aliphatic rings. The predicted molar refractivity (Wildman–Crippen MR) is 143 cm³/mol. The van der Waals surface area contributed by atoms with Crippen LogP contribution < -0.4 is 5.32 Å². The fourth-order valence-electron chi connectivity index (χ4n) is 3.64. The number of amides is 1. The van der Waals surface area contributed by atoms with Gasteiger partial charge in [0.2, 0.25) is 5.91 Å². The molecule has 5 rings (SSSR count). The van der Waals surface area contributed by atoms with Crippen LogP contribution in [0.25, 0.3) is 33.3 Å². The Morgan fingerprint density at radius 3 is 2.51 bits per heavy atom. The zero-order chi connectivity index (χ0) is 24.0. The van der Waals surface area contributed by atoms with E-state index < -0.39 is 0 Å². The van der Waals surface area contributed by atoms with Crippen LogP contribution in [-0.2, 0) is 4.79 Å². The van der Waals surface area contributed by atoms with Crippen molar-refractivity contribution in [3.63, 3.8) is 0 Å². The summed E-state index contributed by atoms with van der Waals surface area (Å²) in [7, 11) is 0. The predicted octanol–water partition coefficient (Wildman–Crippen LogP) is 7.02. The van der Waals surface area contributed by atoms with Crippen LogP contribution in [0.5, 0.6) is 0 Å².